The number of fused-ring (bicyclic) bond motifs is 1. The number of hydrogen-bond donors (Lipinski definition) is 1. The number of sulfonamides is 1. The molecule has 1 amide bonds. The van der Waals surface area contributed by atoms with E-state index in [0.717, 1.165) is 10.0 Å². The summed E-state index contributed by atoms with van der Waals surface area (Å²) in [5.41, 5.74) is 1.95. The molecule has 0 aliphatic carbocycles. The second kappa shape index (κ2) is 8.12. The van der Waals surface area contributed by atoms with Crippen LogP contribution in [0.2, 0.25) is 0 Å². The number of hydrogen-bond acceptors (Lipinski definition) is 4. The monoisotopic (exact) mass is 486 g/mol. The molecule has 3 aromatic rings. The molecular formula is C22H19BrN2O4S. The van der Waals surface area contributed by atoms with Gasteiger partial charge in [-0.05, 0) is 59.3 Å². The molecule has 0 saturated carbocycles. The van der Waals surface area contributed by atoms with Crippen LogP contribution in [0.15, 0.2) is 82.2 Å². The molecule has 0 unspecified atom stereocenters. The van der Waals surface area contributed by atoms with Crippen molar-refractivity contribution in [3.8, 4) is 5.75 Å². The average Bonchev–Trinajstić information content (AvgIpc) is 2.74. The summed E-state index contributed by atoms with van der Waals surface area (Å²) in [6.45, 7) is 1.76. The Balaban J connectivity index is 1.68. The summed E-state index contributed by atoms with van der Waals surface area (Å²) in [4.78, 5) is 13.1. The molecule has 0 spiro atoms. The van der Waals surface area contributed by atoms with Gasteiger partial charge in [-0.25, -0.2) is 8.42 Å². The van der Waals surface area contributed by atoms with E-state index in [2.05, 4.69) is 21.2 Å². The van der Waals surface area contributed by atoms with Gasteiger partial charge in [-0.15, -0.1) is 0 Å². The van der Waals surface area contributed by atoms with Gasteiger partial charge in [0.2, 0.25) is 0 Å². The summed E-state index contributed by atoms with van der Waals surface area (Å²) in [5, 5.41) is 2.80. The third-order valence-electron chi connectivity index (χ3n) is 4.77. The van der Waals surface area contributed by atoms with E-state index in [0.29, 0.717) is 17.1 Å². The van der Waals surface area contributed by atoms with Crippen LogP contribution in [0.4, 0.5) is 11.4 Å². The van der Waals surface area contributed by atoms with Gasteiger partial charge in [0, 0.05) is 4.47 Å². The van der Waals surface area contributed by atoms with Crippen molar-refractivity contribution >= 4 is 43.2 Å². The van der Waals surface area contributed by atoms with Gasteiger partial charge in [-0.2, -0.15) is 0 Å². The van der Waals surface area contributed by atoms with E-state index >= 15 is 0 Å². The predicted molar refractivity (Wildman–Crippen MR) is 119 cm³/mol. The topological polar surface area (TPSA) is 75.7 Å². The third-order valence-corrected chi connectivity index (χ3v) is 7.25. The highest BCUT2D eigenvalue weighted by molar-refractivity contribution is 9.10. The van der Waals surface area contributed by atoms with E-state index in [9.17, 15) is 13.2 Å². The Labute approximate surface area is 183 Å². The van der Waals surface area contributed by atoms with Gasteiger partial charge in [0.05, 0.1) is 22.8 Å². The van der Waals surface area contributed by atoms with Crippen molar-refractivity contribution in [3.05, 3.63) is 82.8 Å². The van der Waals surface area contributed by atoms with Crippen LogP contribution in [0, 0.1) is 6.92 Å². The molecule has 6 nitrogen and oxygen atoms in total. The zero-order valence-electron chi connectivity index (χ0n) is 16.1. The molecule has 1 heterocycles. The number of para-hydroxylation sites is 3. The van der Waals surface area contributed by atoms with Crippen LogP contribution in [-0.2, 0) is 14.8 Å². The van der Waals surface area contributed by atoms with Gasteiger partial charge < -0.3 is 10.1 Å². The fraction of sp³-hybridized carbons (Fsp3) is 0.136. The molecule has 0 saturated heterocycles. The van der Waals surface area contributed by atoms with Crippen molar-refractivity contribution in [2.24, 2.45) is 0 Å². The quantitative estimate of drug-likeness (QED) is 0.594. The number of carbonyl (C=O) groups excluding carboxylic acids is 1. The van der Waals surface area contributed by atoms with Gasteiger partial charge in [0.25, 0.3) is 15.9 Å². The number of amides is 1. The number of aryl methyl sites for hydroxylation is 1. The average molecular weight is 487 g/mol. The molecule has 4 rings (SSSR count). The van der Waals surface area contributed by atoms with Crippen LogP contribution in [0.3, 0.4) is 0 Å². The maximum absolute atomic E-state index is 13.4. The Morgan fingerprint density at radius 3 is 2.43 bits per heavy atom. The SMILES string of the molecule is Cc1ccc(S(=O)(=O)N2C[C@H](C(=O)Nc3ccccc3Br)Oc3ccccc32)cc1. The lowest BCUT2D eigenvalue weighted by molar-refractivity contribution is -0.122. The van der Waals surface area contributed by atoms with Crippen LogP contribution in [-0.4, -0.2) is 27.0 Å². The van der Waals surface area contributed by atoms with E-state index in [1.807, 2.05) is 13.0 Å². The fourth-order valence-corrected chi connectivity index (χ4v) is 5.04. The molecule has 1 aliphatic rings. The van der Waals surface area contributed by atoms with E-state index in [1.54, 1.807) is 66.7 Å². The Bertz CT molecular complexity index is 1200. The Morgan fingerprint density at radius 2 is 1.70 bits per heavy atom. The maximum atomic E-state index is 13.4. The molecule has 30 heavy (non-hydrogen) atoms. The molecule has 1 atom stereocenters. The lowest BCUT2D eigenvalue weighted by atomic mass is 10.2. The molecule has 8 heteroatoms. The van der Waals surface area contributed by atoms with Crippen molar-refractivity contribution in [2.45, 2.75) is 17.9 Å². The Kier molecular flexibility index (Phi) is 5.53. The number of rotatable bonds is 4. The summed E-state index contributed by atoms with van der Waals surface area (Å²) in [6.07, 6.45) is -1.01. The molecule has 154 valence electrons. The molecule has 1 aliphatic heterocycles. The number of halogens is 1. The van der Waals surface area contributed by atoms with E-state index < -0.39 is 22.0 Å². The highest BCUT2D eigenvalue weighted by Crippen LogP contribution is 2.37. The number of nitrogens with one attached hydrogen (secondary N) is 1. The van der Waals surface area contributed by atoms with Crippen molar-refractivity contribution in [3.63, 3.8) is 0 Å². The fourth-order valence-electron chi connectivity index (χ4n) is 3.18. The van der Waals surface area contributed by atoms with Gasteiger partial charge in [0.1, 0.15) is 5.75 Å². The Morgan fingerprint density at radius 1 is 1.03 bits per heavy atom. The second-order valence-corrected chi connectivity index (χ2v) is 9.61. The zero-order valence-corrected chi connectivity index (χ0v) is 18.5. The number of ether oxygens (including phenoxy) is 1. The van der Waals surface area contributed by atoms with Crippen molar-refractivity contribution in [2.75, 3.05) is 16.2 Å². The molecule has 0 radical (unpaired) electrons. The minimum atomic E-state index is -3.88. The highest BCUT2D eigenvalue weighted by atomic mass is 79.9. The van der Waals surface area contributed by atoms with Crippen LogP contribution in [0.1, 0.15) is 5.56 Å². The highest BCUT2D eigenvalue weighted by Gasteiger charge is 2.37. The second-order valence-electron chi connectivity index (χ2n) is 6.89. The third kappa shape index (κ3) is 3.93. The van der Waals surface area contributed by atoms with E-state index in [4.69, 9.17) is 4.74 Å². The van der Waals surface area contributed by atoms with Crippen LogP contribution < -0.4 is 14.4 Å². The first-order valence-corrected chi connectivity index (χ1v) is 11.5. The van der Waals surface area contributed by atoms with Crippen molar-refractivity contribution in [1.82, 2.24) is 0 Å². The first-order chi connectivity index (χ1) is 14.4. The van der Waals surface area contributed by atoms with Crippen molar-refractivity contribution in [1.29, 1.82) is 0 Å². The summed E-state index contributed by atoms with van der Waals surface area (Å²) in [5.74, 6) is -0.0905. The molecular weight excluding hydrogens is 468 g/mol. The predicted octanol–water partition coefficient (Wildman–Crippen LogP) is 4.35. The Hall–Kier alpha value is -2.84. The molecule has 0 aromatic heterocycles. The summed E-state index contributed by atoms with van der Waals surface area (Å²) in [7, 11) is -3.88. The lowest BCUT2D eigenvalue weighted by Gasteiger charge is -2.34. The van der Waals surface area contributed by atoms with Crippen LogP contribution >= 0.6 is 15.9 Å². The number of carbonyl (C=O) groups is 1. The lowest BCUT2D eigenvalue weighted by Crippen LogP contribution is -2.48. The van der Waals surface area contributed by atoms with Gasteiger partial charge in [-0.1, -0.05) is 42.0 Å². The van der Waals surface area contributed by atoms with Gasteiger partial charge in [0.15, 0.2) is 6.10 Å². The van der Waals surface area contributed by atoms with Crippen molar-refractivity contribution < 1.29 is 17.9 Å². The molecule has 0 fully saturated rings. The molecule has 1 N–H and O–H groups in total. The summed E-state index contributed by atoms with van der Waals surface area (Å²) >= 11 is 3.39. The van der Waals surface area contributed by atoms with Crippen LogP contribution in [0.5, 0.6) is 5.75 Å². The van der Waals surface area contributed by atoms with Gasteiger partial charge >= 0.3 is 0 Å². The summed E-state index contributed by atoms with van der Waals surface area (Å²) < 4.78 is 34.6. The standard InChI is InChI=1S/C22H19BrN2O4S/c1-15-10-12-16(13-11-15)30(27,28)25-14-21(29-20-9-5-4-8-19(20)25)22(26)24-18-7-3-2-6-17(18)23/h2-13,21H,14H2,1H3,(H,24,26)/t21-/m1/s1. The summed E-state index contributed by atoms with van der Waals surface area (Å²) in [6, 6.07) is 20.6. The smallest absolute Gasteiger partial charge is 0.267 e. The van der Waals surface area contributed by atoms with E-state index in [1.165, 1.54) is 4.31 Å². The number of anilines is 2. The number of benzene rings is 3. The normalized spacial score (nSPS) is 15.8. The molecule has 3 aromatic carbocycles. The molecule has 0 bridgehead atoms. The largest absolute Gasteiger partial charge is 0.476 e. The van der Waals surface area contributed by atoms with Crippen LogP contribution in [0.25, 0.3) is 0 Å². The minimum absolute atomic E-state index is 0.135. The maximum Gasteiger partial charge on any atom is 0.267 e. The first-order valence-electron chi connectivity index (χ1n) is 9.27. The van der Waals surface area contributed by atoms with Gasteiger partial charge in [-0.3, -0.25) is 9.10 Å². The zero-order chi connectivity index (χ0) is 21.3. The number of nitrogens with zero attached hydrogens (tertiary/aromatic N) is 1. The first kappa shape index (κ1) is 20.4. The minimum Gasteiger partial charge on any atom is -0.476 e. The van der Waals surface area contributed by atoms with E-state index in [-0.39, 0.29) is 11.4 Å².